The van der Waals surface area contributed by atoms with Crippen LogP contribution in [0, 0.1) is 11.3 Å². The number of nitrogens with one attached hydrogen (secondary N) is 1. The molecular weight excluding hydrogens is 284 g/mol. The Kier molecular flexibility index (Phi) is 5.41. The first-order valence-electron chi connectivity index (χ1n) is 6.56. The highest BCUT2D eigenvalue weighted by molar-refractivity contribution is 7.98. The Balaban J connectivity index is 2.18. The summed E-state index contributed by atoms with van der Waals surface area (Å²) in [4.78, 5) is 8.67. The van der Waals surface area contributed by atoms with Gasteiger partial charge in [0.05, 0.1) is 12.5 Å². The van der Waals surface area contributed by atoms with Crippen molar-refractivity contribution >= 4 is 17.6 Å². The summed E-state index contributed by atoms with van der Waals surface area (Å²) in [7, 11) is 0. The Morgan fingerprint density at radius 3 is 2.67 bits per heavy atom. The minimum absolute atomic E-state index is 0.398. The molecule has 0 aliphatic heterocycles. The van der Waals surface area contributed by atoms with Crippen molar-refractivity contribution in [2.75, 3.05) is 18.1 Å². The van der Waals surface area contributed by atoms with Crippen molar-refractivity contribution in [1.82, 2.24) is 9.97 Å². The van der Waals surface area contributed by atoms with E-state index in [0.29, 0.717) is 23.2 Å². The summed E-state index contributed by atoms with van der Waals surface area (Å²) in [6, 6.07) is 11.3. The number of nitrogens with zero attached hydrogens (tertiary/aromatic N) is 3. The van der Waals surface area contributed by atoms with E-state index in [1.807, 2.05) is 37.4 Å². The van der Waals surface area contributed by atoms with Crippen LogP contribution in [0.2, 0.25) is 0 Å². The number of ether oxygens (including phenoxy) is 1. The van der Waals surface area contributed by atoms with E-state index in [2.05, 4.69) is 21.4 Å². The zero-order chi connectivity index (χ0) is 15.1. The average Bonchev–Trinajstić information content (AvgIpc) is 2.49. The molecule has 6 heteroatoms. The fourth-order valence-corrected chi connectivity index (χ4v) is 2.08. The zero-order valence-corrected chi connectivity index (χ0v) is 12.8. The molecule has 0 aliphatic rings. The Hall–Kier alpha value is -2.26. The van der Waals surface area contributed by atoms with Crippen molar-refractivity contribution in [3.8, 4) is 17.7 Å². The van der Waals surface area contributed by atoms with Gasteiger partial charge in [-0.1, -0.05) is 23.9 Å². The minimum Gasteiger partial charge on any atom is -0.439 e. The van der Waals surface area contributed by atoms with E-state index in [4.69, 9.17) is 10.00 Å². The number of aromatic nitrogens is 2. The Bertz CT molecular complexity index is 637. The zero-order valence-electron chi connectivity index (χ0n) is 12.0. The maximum Gasteiger partial charge on any atom is 0.225 e. The average molecular weight is 300 g/mol. The van der Waals surface area contributed by atoms with Crippen LogP contribution in [-0.4, -0.2) is 22.8 Å². The van der Waals surface area contributed by atoms with Gasteiger partial charge in [-0.05, 0) is 30.9 Å². The number of rotatable bonds is 6. The third-order valence-electron chi connectivity index (χ3n) is 2.65. The Labute approximate surface area is 128 Å². The standard InChI is InChI=1S/C15H16N4OS/c1-3-17-13-10-14(19-15(18-13)21-2)20-12-6-4-11(5-7-12)8-9-16/h4-7,10H,3,8H2,1-2H3,(H,17,18,19). The maximum atomic E-state index is 8.66. The molecule has 2 aromatic rings. The van der Waals surface area contributed by atoms with Crippen LogP contribution in [0.25, 0.3) is 0 Å². The van der Waals surface area contributed by atoms with Gasteiger partial charge in [0.1, 0.15) is 11.6 Å². The quantitative estimate of drug-likeness (QED) is 0.650. The fourth-order valence-electron chi connectivity index (χ4n) is 1.71. The van der Waals surface area contributed by atoms with Crippen LogP contribution in [0.1, 0.15) is 12.5 Å². The molecule has 0 unspecified atom stereocenters. The smallest absolute Gasteiger partial charge is 0.225 e. The van der Waals surface area contributed by atoms with Crippen LogP contribution in [0.3, 0.4) is 0 Å². The fraction of sp³-hybridized carbons (Fsp3) is 0.267. The predicted octanol–water partition coefficient (Wildman–Crippen LogP) is 3.49. The molecule has 0 amide bonds. The molecule has 0 aliphatic carbocycles. The number of benzene rings is 1. The first-order chi connectivity index (χ1) is 10.2. The molecule has 0 bridgehead atoms. The van der Waals surface area contributed by atoms with Crippen molar-refractivity contribution < 1.29 is 4.74 Å². The third kappa shape index (κ3) is 4.36. The lowest BCUT2D eigenvalue weighted by Crippen LogP contribution is -2.02. The summed E-state index contributed by atoms with van der Waals surface area (Å²) < 4.78 is 5.75. The molecule has 1 heterocycles. The topological polar surface area (TPSA) is 70.8 Å². The van der Waals surface area contributed by atoms with E-state index < -0.39 is 0 Å². The highest BCUT2D eigenvalue weighted by Crippen LogP contribution is 2.24. The third-order valence-corrected chi connectivity index (χ3v) is 3.20. The van der Waals surface area contributed by atoms with Gasteiger partial charge in [0.25, 0.3) is 0 Å². The van der Waals surface area contributed by atoms with Crippen molar-refractivity contribution in [3.63, 3.8) is 0 Å². The molecule has 0 spiro atoms. The summed E-state index contributed by atoms with van der Waals surface area (Å²) in [5.41, 5.74) is 0.964. The number of hydrogen-bond donors (Lipinski definition) is 1. The normalized spacial score (nSPS) is 9.95. The Morgan fingerprint density at radius 2 is 2.05 bits per heavy atom. The van der Waals surface area contributed by atoms with Gasteiger partial charge in [0.2, 0.25) is 5.88 Å². The minimum atomic E-state index is 0.398. The molecule has 2 rings (SSSR count). The molecule has 1 N–H and O–H groups in total. The van der Waals surface area contributed by atoms with E-state index in [9.17, 15) is 0 Å². The summed E-state index contributed by atoms with van der Waals surface area (Å²) in [5.74, 6) is 1.93. The molecule has 1 aromatic carbocycles. The van der Waals surface area contributed by atoms with E-state index in [1.54, 1.807) is 6.07 Å². The van der Waals surface area contributed by atoms with Crippen molar-refractivity contribution in [2.24, 2.45) is 0 Å². The van der Waals surface area contributed by atoms with Gasteiger partial charge < -0.3 is 10.1 Å². The molecule has 1 aromatic heterocycles. The van der Waals surface area contributed by atoms with Gasteiger partial charge in [0.15, 0.2) is 5.16 Å². The van der Waals surface area contributed by atoms with Crippen LogP contribution in [0.4, 0.5) is 5.82 Å². The van der Waals surface area contributed by atoms with Gasteiger partial charge >= 0.3 is 0 Å². The number of nitriles is 1. The summed E-state index contributed by atoms with van der Waals surface area (Å²) in [5, 5.41) is 12.5. The number of anilines is 1. The van der Waals surface area contributed by atoms with E-state index in [-0.39, 0.29) is 0 Å². The largest absolute Gasteiger partial charge is 0.439 e. The lowest BCUT2D eigenvalue weighted by molar-refractivity contribution is 0.456. The predicted molar refractivity (Wildman–Crippen MR) is 83.8 cm³/mol. The first-order valence-corrected chi connectivity index (χ1v) is 7.78. The van der Waals surface area contributed by atoms with Crippen LogP contribution in [-0.2, 0) is 6.42 Å². The summed E-state index contributed by atoms with van der Waals surface area (Å²) >= 11 is 1.46. The molecule has 0 atom stereocenters. The van der Waals surface area contributed by atoms with Gasteiger partial charge in [-0.2, -0.15) is 10.2 Å². The summed E-state index contributed by atoms with van der Waals surface area (Å²) in [6.45, 7) is 2.79. The molecule has 0 saturated carbocycles. The second kappa shape index (κ2) is 7.50. The lowest BCUT2D eigenvalue weighted by Gasteiger charge is -2.09. The first kappa shape index (κ1) is 15.1. The Morgan fingerprint density at radius 1 is 1.29 bits per heavy atom. The summed E-state index contributed by atoms with van der Waals surface area (Å²) in [6.07, 6.45) is 2.32. The molecule has 21 heavy (non-hydrogen) atoms. The van der Waals surface area contributed by atoms with Gasteiger partial charge in [-0.15, -0.1) is 0 Å². The van der Waals surface area contributed by atoms with Crippen LogP contribution in [0.5, 0.6) is 11.6 Å². The maximum absolute atomic E-state index is 8.66. The highest BCUT2D eigenvalue weighted by Gasteiger charge is 2.06. The van der Waals surface area contributed by atoms with Crippen molar-refractivity contribution in [1.29, 1.82) is 5.26 Å². The molecular formula is C15H16N4OS. The van der Waals surface area contributed by atoms with Crippen molar-refractivity contribution in [3.05, 3.63) is 35.9 Å². The van der Waals surface area contributed by atoms with Crippen LogP contribution < -0.4 is 10.1 Å². The van der Waals surface area contributed by atoms with Gasteiger partial charge in [0, 0.05) is 12.6 Å². The van der Waals surface area contributed by atoms with E-state index in [1.165, 1.54) is 11.8 Å². The second-order valence-electron chi connectivity index (χ2n) is 4.19. The van der Waals surface area contributed by atoms with Gasteiger partial charge in [-0.25, -0.2) is 4.98 Å². The van der Waals surface area contributed by atoms with Crippen LogP contribution >= 0.6 is 11.8 Å². The highest BCUT2D eigenvalue weighted by atomic mass is 32.2. The van der Waals surface area contributed by atoms with Crippen LogP contribution in [0.15, 0.2) is 35.5 Å². The molecule has 5 nitrogen and oxygen atoms in total. The van der Waals surface area contributed by atoms with Gasteiger partial charge in [-0.3, -0.25) is 0 Å². The number of thioether (sulfide) groups is 1. The molecule has 0 radical (unpaired) electrons. The number of hydrogen-bond acceptors (Lipinski definition) is 6. The van der Waals surface area contributed by atoms with E-state index >= 15 is 0 Å². The second-order valence-corrected chi connectivity index (χ2v) is 4.96. The van der Waals surface area contributed by atoms with Crippen molar-refractivity contribution in [2.45, 2.75) is 18.5 Å². The monoisotopic (exact) mass is 300 g/mol. The lowest BCUT2D eigenvalue weighted by atomic mass is 10.2. The van der Waals surface area contributed by atoms with E-state index in [0.717, 1.165) is 17.9 Å². The SMILES string of the molecule is CCNc1cc(Oc2ccc(CC#N)cc2)nc(SC)n1. The molecule has 108 valence electrons. The molecule has 0 saturated heterocycles. The molecule has 0 fully saturated rings.